The maximum Gasteiger partial charge on any atom is 0.201 e. The van der Waals surface area contributed by atoms with Gasteiger partial charge in [-0.25, -0.2) is 0 Å². The van der Waals surface area contributed by atoms with Gasteiger partial charge in [0.05, 0.1) is 49.4 Å². The Balaban J connectivity index is 0.000000215. The lowest BCUT2D eigenvalue weighted by Gasteiger charge is -2.09. The fourth-order valence-electron chi connectivity index (χ4n) is 3.35. The first kappa shape index (κ1) is 30.9. The zero-order chi connectivity index (χ0) is 28.1. The largest absolute Gasteiger partial charge is 0.501 e. The van der Waals surface area contributed by atoms with Gasteiger partial charge in [-0.2, -0.15) is 0 Å². The topological polar surface area (TPSA) is 77.5 Å². The number of ether oxygens (including phenoxy) is 1. The first-order chi connectivity index (χ1) is 18.0. The molecule has 0 atom stereocenters. The molecule has 0 saturated heterocycles. The average molecular weight is 639 g/mol. The number of benzene rings is 2. The Hall–Kier alpha value is -1.60. The monoisotopic (exact) mass is 636 g/mol. The van der Waals surface area contributed by atoms with Crippen LogP contribution in [0, 0.1) is 11.8 Å². The number of carbonyl (C=O) groups is 4. The second-order valence-electron chi connectivity index (χ2n) is 8.74. The predicted octanol–water partition coefficient (Wildman–Crippen LogP) is 8.93. The average Bonchev–Trinajstić information content (AvgIpc) is 3.78. The van der Waals surface area contributed by atoms with Crippen molar-refractivity contribution in [3.63, 3.8) is 0 Å². The molecule has 11 heteroatoms. The van der Waals surface area contributed by atoms with E-state index in [1.54, 1.807) is 6.92 Å². The summed E-state index contributed by atoms with van der Waals surface area (Å²) in [4.78, 5) is 48.2. The number of hydrogen-bond donors (Lipinski definition) is 0. The highest BCUT2D eigenvalue weighted by molar-refractivity contribution is 6.50. The quantitative estimate of drug-likeness (QED) is 0.0648. The number of carbonyl (C=O) groups excluding carboxylic acids is 4. The smallest absolute Gasteiger partial charge is 0.201 e. The normalized spacial score (nSPS) is 14.9. The highest BCUT2D eigenvalue weighted by Gasteiger charge is 2.36. The Labute approximate surface area is 250 Å². The summed E-state index contributed by atoms with van der Waals surface area (Å²) in [5.41, 5.74) is 0.403. The number of ketones is 4. The molecule has 0 heterocycles. The van der Waals surface area contributed by atoms with E-state index in [2.05, 4.69) is 0 Å². The van der Waals surface area contributed by atoms with Gasteiger partial charge in [0, 0.05) is 23.0 Å². The third-order valence-electron chi connectivity index (χ3n) is 5.81. The van der Waals surface area contributed by atoms with E-state index in [9.17, 15) is 19.2 Å². The number of allylic oxidation sites excluding steroid dienone is 1. The lowest BCUT2D eigenvalue weighted by Crippen LogP contribution is -2.16. The molecule has 5 nitrogen and oxygen atoms in total. The van der Waals surface area contributed by atoms with Crippen LogP contribution in [0.1, 0.15) is 59.7 Å². The van der Waals surface area contributed by atoms with Gasteiger partial charge >= 0.3 is 0 Å². The van der Waals surface area contributed by atoms with Crippen molar-refractivity contribution in [2.45, 2.75) is 39.0 Å². The van der Waals surface area contributed by atoms with Crippen LogP contribution in [0.15, 0.2) is 36.1 Å². The molecule has 2 aliphatic carbocycles. The Bertz CT molecular complexity index is 1310. The molecule has 0 bridgehead atoms. The van der Waals surface area contributed by atoms with Crippen LogP contribution in [0.25, 0.3) is 0 Å². The van der Waals surface area contributed by atoms with Crippen molar-refractivity contribution in [3.8, 4) is 0 Å². The van der Waals surface area contributed by atoms with Crippen LogP contribution in [0.3, 0.4) is 0 Å². The maximum atomic E-state index is 12.6. The number of hydrogen-bond acceptors (Lipinski definition) is 5. The highest BCUT2D eigenvalue weighted by atomic mass is 35.5. The molecule has 2 aromatic carbocycles. The first-order valence-corrected chi connectivity index (χ1v) is 14.0. The van der Waals surface area contributed by atoms with Crippen molar-refractivity contribution in [3.05, 3.63) is 77.4 Å². The third kappa shape index (κ3) is 7.74. The van der Waals surface area contributed by atoms with Crippen molar-refractivity contribution in [2.75, 3.05) is 6.61 Å². The minimum absolute atomic E-state index is 0.000334. The maximum absolute atomic E-state index is 12.6. The van der Waals surface area contributed by atoms with Crippen molar-refractivity contribution in [1.29, 1.82) is 0 Å². The van der Waals surface area contributed by atoms with Crippen molar-refractivity contribution >= 4 is 92.7 Å². The molecule has 0 aromatic heterocycles. The molecule has 2 aliphatic rings. The van der Waals surface area contributed by atoms with Gasteiger partial charge in [-0.3, -0.25) is 19.2 Å². The molecule has 202 valence electrons. The Morgan fingerprint density at radius 1 is 0.763 bits per heavy atom. The van der Waals surface area contributed by atoms with E-state index < -0.39 is 5.78 Å². The Morgan fingerprint density at radius 2 is 1.26 bits per heavy atom. The van der Waals surface area contributed by atoms with Crippen molar-refractivity contribution in [1.82, 2.24) is 0 Å². The van der Waals surface area contributed by atoms with Gasteiger partial charge in [-0.15, -0.1) is 0 Å². The summed E-state index contributed by atoms with van der Waals surface area (Å²) in [5.74, 6) is -1.05. The predicted molar refractivity (Wildman–Crippen MR) is 151 cm³/mol. The van der Waals surface area contributed by atoms with Crippen LogP contribution >= 0.6 is 69.6 Å². The van der Waals surface area contributed by atoms with Gasteiger partial charge in [-0.05, 0) is 56.9 Å². The Morgan fingerprint density at radius 3 is 1.76 bits per heavy atom. The molecular formula is C27H22Cl6O5. The van der Waals surface area contributed by atoms with Crippen LogP contribution < -0.4 is 0 Å². The lowest BCUT2D eigenvalue weighted by atomic mass is 9.98. The zero-order valence-corrected chi connectivity index (χ0v) is 24.6. The third-order valence-corrected chi connectivity index (χ3v) is 8.40. The molecule has 0 amide bonds. The number of halogens is 6. The number of rotatable bonds is 10. The molecular weight excluding hydrogens is 617 g/mol. The van der Waals surface area contributed by atoms with E-state index in [-0.39, 0.29) is 77.4 Å². The standard InChI is InChI=1S/C15H13Cl3O3.C12H9Cl3O2/c1-2-21-7-10(14(19)8-3-4-8)15(20)9-5-6-11(16)13(18)12(9)17;13-8-4-3-7(11(14)12(8)15)10(17)5-9(16)6-1-2-6/h5-8H,2-4H2,1H3;3-4,6H,1-2,5H2. The van der Waals surface area contributed by atoms with Crippen molar-refractivity contribution < 1.29 is 23.9 Å². The molecule has 0 N–H and O–H groups in total. The van der Waals surface area contributed by atoms with Crippen LogP contribution in [-0.4, -0.2) is 29.7 Å². The van der Waals surface area contributed by atoms with E-state index in [0.717, 1.165) is 25.7 Å². The second kappa shape index (κ2) is 13.6. The molecule has 2 saturated carbocycles. The number of Topliss-reactive ketones (excluding diaryl/α,β-unsaturated/α-hetero) is 4. The summed E-state index contributed by atoms with van der Waals surface area (Å²) in [6.07, 6.45) is 4.47. The first-order valence-electron chi connectivity index (χ1n) is 11.7. The molecule has 0 unspecified atom stereocenters. The SMILES string of the molecule is CCOC=C(C(=O)c1ccc(Cl)c(Cl)c1Cl)C(=O)C1CC1.O=C(CC(=O)C1CC1)c1ccc(Cl)c(Cl)c1Cl. The van der Waals surface area contributed by atoms with Crippen LogP contribution in [0.2, 0.25) is 30.1 Å². The van der Waals surface area contributed by atoms with Gasteiger partial charge in [0.1, 0.15) is 11.4 Å². The van der Waals surface area contributed by atoms with Crippen LogP contribution in [0.4, 0.5) is 0 Å². The highest BCUT2D eigenvalue weighted by Crippen LogP contribution is 2.37. The molecule has 0 spiro atoms. The summed E-state index contributed by atoms with van der Waals surface area (Å²) >= 11 is 35.4. The molecule has 4 rings (SSSR count). The van der Waals surface area contributed by atoms with E-state index in [0.29, 0.717) is 11.6 Å². The fourth-order valence-corrected chi connectivity index (χ4v) is 4.61. The Kier molecular flexibility index (Phi) is 11.1. The zero-order valence-electron chi connectivity index (χ0n) is 20.1. The summed E-state index contributed by atoms with van der Waals surface area (Å²) in [6.45, 7) is 2.14. The van der Waals surface area contributed by atoms with Crippen molar-refractivity contribution in [2.24, 2.45) is 11.8 Å². The minimum Gasteiger partial charge on any atom is -0.501 e. The van der Waals surface area contributed by atoms with Gasteiger partial charge in [0.25, 0.3) is 0 Å². The van der Waals surface area contributed by atoms with Gasteiger partial charge in [0.2, 0.25) is 5.78 Å². The van der Waals surface area contributed by atoms with Gasteiger partial charge in [-0.1, -0.05) is 69.6 Å². The molecule has 2 aromatic rings. The van der Waals surface area contributed by atoms with Crippen LogP contribution in [0.5, 0.6) is 0 Å². The summed E-state index contributed by atoms with van der Waals surface area (Å²) in [7, 11) is 0. The molecule has 0 radical (unpaired) electrons. The van der Waals surface area contributed by atoms with Gasteiger partial charge < -0.3 is 4.74 Å². The summed E-state index contributed by atoms with van der Waals surface area (Å²) in [6, 6.07) is 5.94. The van der Waals surface area contributed by atoms with E-state index >= 15 is 0 Å². The minimum atomic E-state index is -0.496. The summed E-state index contributed by atoms with van der Waals surface area (Å²) in [5, 5.41) is 0.952. The molecule has 0 aliphatic heterocycles. The lowest BCUT2D eigenvalue weighted by molar-refractivity contribution is -0.119. The van der Waals surface area contributed by atoms with E-state index in [1.165, 1.54) is 30.5 Å². The van der Waals surface area contributed by atoms with Crippen LogP contribution in [-0.2, 0) is 14.3 Å². The fraction of sp³-hybridized carbons (Fsp3) is 0.333. The van der Waals surface area contributed by atoms with E-state index in [4.69, 9.17) is 74.3 Å². The summed E-state index contributed by atoms with van der Waals surface area (Å²) < 4.78 is 5.13. The molecule has 2 fully saturated rings. The van der Waals surface area contributed by atoms with Gasteiger partial charge in [0.15, 0.2) is 11.6 Å². The van der Waals surface area contributed by atoms with E-state index in [1.807, 2.05) is 0 Å². The second-order valence-corrected chi connectivity index (χ2v) is 11.1. The molecule has 38 heavy (non-hydrogen) atoms.